The van der Waals surface area contributed by atoms with E-state index in [1.54, 1.807) is 0 Å². The molecule has 0 bridgehead atoms. The summed E-state index contributed by atoms with van der Waals surface area (Å²) in [6, 6.07) is 6.90. The molecule has 0 spiro atoms. The van der Waals surface area contributed by atoms with Crippen molar-refractivity contribution in [1.29, 1.82) is 0 Å². The number of hydrogen-bond acceptors (Lipinski definition) is 1. The maximum atomic E-state index is 6.11. The van der Waals surface area contributed by atoms with Gasteiger partial charge in [0.1, 0.15) is 0 Å². The van der Waals surface area contributed by atoms with Crippen LogP contribution in [0.5, 0.6) is 0 Å². The van der Waals surface area contributed by atoms with Gasteiger partial charge in [-0.05, 0) is 43.5 Å². The van der Waals surface area contributed by atoms with Crippen LogP contribution in [-0.2, 0) is 0 Å². The van der Waals surface area contributed by atoms with Crippen LogP contribution in [0.15, 0.2) is 18.2 Å². The van der Waals surface area contributed by atoms with Crippen molar-refractivity contribution in [2.45, 2.75) is 32.2 Å². The lowest BCUT2D eigenvalue weighted by Crippen LogP contribution is -2.26. The fourth-order valence-electron chi connectivity index (χ4n) is 1.96. The zero-order valence-corrected chi connectivity index (χ0v) is 9.27. The molecule has 1 aliphatic heterocycles. The van der Waals surface area contributed by atoms with Crippen LogP contribution in [0.4, 0.5) is 0 Å². The molecule has 14 heavy (non-hydrogen) atoms. The fraction of sp³-hybridized carbons (Fsp3) is 0.500. The monoisotopic (exact) mass is 209 g/mol. The molecule has 1 aromatic carbocycles. The van der Waals surface area contributed by atoms with Crippen LogP contribution in [0.3, 0.4) is 0 Å². The first-order valence-corrected chi connectivity index (χ1v) is 5.64. The summed E-state index contributed by atoms with van der Waals surface area (Å²) in [6.07, 6.45) is 3.86. The van der Waals surface area contributed by atoms with E-state index in [0.717, 1.165) is 17.1 Å². The van der Waals surface area contributed by atoms with Gasteiger partial charge in [-0.15, -0.1) is 0 Å². The highest BCUT2D eigenvalue weighted by Crippen LogP contribution is 2.26. The summed E-state index contributed by atoms with van der Waals surface area (Å²) in [5.41, 5.74) is 2.49. The Morgan fingerprint density at radius 1 is 1.36 bits per heavy atom. The van der Waals surface area contributed by atoms with Crippen LogP contribution in [0.1, 0.15) is 36.4 Å². The molecule has 1 atom stereocenters. The van der Waals surface area contributed by atoms with E-state index in [2.05, 4.69) is 23.5 Å². The lowest BCUT2D eigenvalue weighted by atomic mass is 9.97. The van der Waals surface area contributed by atoms with Crippen molar-refractivity contribution in [1.82, 2.24) is 5.32 Å². The van der Waals surface area contributed by atoms with Gasteiger partial charge >= 0.3 is 0 Å². The summed E-state index contributed by atoms with van der Waals surface area (Å²) in [6.45, 7) is 3.18. The van der Waals surface area contributed by atoms with Gasteiger partial charge < -0.3 is 5.32 Å². The summed E-state index contributed by atoms with van der Waals surface area (Å²) in [7, 11) is 0. The third-order valence-corrected chi connectivity index (χ3v) is 3.32. The first-order chi connectivity index (χ1) is 6.77. The van der Waals surface area contributed by atoms with Crippen molar-refractivity contribution >= 4 is 11.6 Å². The molecule has 0 aromatic heterocycles. The van der Waals surface area contributed by atoms with E-state index in [1.165, 1.54) is 24.8 Å². The third kappa shape index (κ3) is 2.10. The van der Waals surface area contributed by atoms with E-state index < -0.39 is 0 Å². The minimum Gasteiger partial charge on any atom is -0.310 e. The average molecular weight is 210 g/mol. The summed E-state index contributed by atoms with van der Waals surface area (Å²) < 4.78 is 0. The van der Waals surface area contributed by atoms with Gasteiger partial charge in [0.05, 0.1) is 0 Å². The molecule has 1 N–H and O–H groups in total. The predicted octanol–water partition coefficient (Wildman–Crippen LogP) is 3.46. The van der Waals surface area contributed by atoms with Gasteiger partial charge in [-0.3, -0.25) is 0 Å². The van der Waals surface area contributed by atoms with Crippen molar-refractivity contribution in [3.63, 3.8) is 0 Å². The van der Waals surface area contributed by atoms with Gasteiger partial charge in [-0.1, -0.05) is 30.2 Å². The van der Waals surface area contributed by atoms with Gasteiger partial charge in [-0.25, -0.2) is 0 Å². The molecule has 1 nitrogen and oxygen atoms in total. The molecule has 1 saturated heterocycles. The molecule has 0 radical (unpaired) electrons. The first kappa shape index (κ1) is 10.0. The highest BCUT2D eigenvalue weighted by atomic mass is 35.5. The van der Waals surface area contributed by atoms with Crippen LogP contribution >= 0.6 is 11.6 Å². The van der Waals surface area contributed by atoms with Gasteiger partial charge in [0.2, 0.25) is 0 Å². The van der Waals surface area contributed by atoms with E-state index in [9.17, 15) is 0 Å². The number of nitrogens with one attached hydrogen (secondary N) is 1. The minimum absolute atomic E-state index is 0.516. The van der Waals surface area contributed by atoms with E-state index in [0.29, 0.717) is 6.04 Å². The van der Waals surface area contributed by atoms with Crippen LogP contribution < -0.4 is 5.32 Å². The Balaban J connectivity index is 2.18. The molecule has 1 aromatic rings. The molecule has 1 fully saturated rings. The quantitative estimate of drug-likeness (QED) is 0.747. The van der Waals surface area contributed by atoms with E-state index in [1.807, 2.05) is 6.92 Å². The Hall–Kier alpha value is -0.530. The average Bonchev–Trinajstić information content (AvgIpc) is 2.23. The van der Waals surface area contributed by atoms with Gasteiger partial charge in [0, 0.05) is 11.1 Å². The molecule has 0 aliphatic carbocycles. The fourth-order valence-corrected chi connectivity index (χ4v) is 2.15. The molecule has 2 heteroatoms. The van der Waals surface area contributed by atoms with Crippen molar-refractivity contribution in [3.05, 3.63) is 34.3 Å². The molecule has 0 saturated carbocycles. The van der Waals surface area contributed by atoms with Crippen LogP contribution in [0, 0.1) is 6.92 Å². The van der Waals surface area contributed by atoms with E-state index >= 15 is 0 Å². The van der Waals surface area contributed by atoms with Crippen molar-refractivity contribution < 1.29 is 0 Å². The second-order valence-electron chi connectivity index (χ2n) is 4.01. The van der Waals surface area contributed by atoms with Crippen molar-refractivity contribution in [2.75, 3.05) is 6.54 Å². The summed E-state index contributed by atoms with van der Waals surface area (Å²) in [5, 5.41) is 4.41. The molecular weight excluding hydrogens is 194 g/mol. The number of halogens is 1. The standard InChI is InChI=1S/C12H16ClN/c1-9-5-6-10(8-11(9)13)12-4-2-3-7-14-12/h5-6,8,12,14H,2-4,7H2,1H3. The summed E-state index contributed by atoms with van der Waals surface area (Å²) in [5.74, 6) is 0. The molecule has 2 rings (SSSR count). The Morgan fingerprint density at radius 2 is 2.21 bits per heavy atom. The molecule has 1 aliphatic rings. The largest absolute Gasteiger partial charge is 0.310 e. The predicted molar refractivity (Wildman–Crippen MR) is 60.8 cm³/mol. The Kier molecular flexibility index (Phi) is 3.09. The molecular formula is C12H16ClN. The van der Waals surface area contributed by atoms with Crippen LogP contribution in [-0.4, -0.2) is 6.54 Å². The molecule has 1 heterocycles. The number of rotatable bonds is 1. The van der Waals surface area contributed by atoms with Gasteiger partial charge in [0.15, 0.2) is 0 Å². The maximum absolute atomic E-state index is 6.11. The zero-order chi connectivity index (χ0) is 9.97. The third-order valence-electron chi connectivity index (χ3n) is 2.91. The molecule has 76 valence electrons. The highest BCUT2D eigenvalue weighted by Gasteiger charge is 2.14. The number of piperidine rings is 1. The lowest BCUT2D eigenvalue weighted by Gasteiger charge is -2.24. The topological polar surface area (TPSA) is 12.0 Å². The highest BCUT2D eigenvalue weighted by molar-refractivity contribution is 6.31. The number of aryl methyl sites for hydroxylation is 1. The first-order valence-electron chi connectivity index (χ1n) is 5.27. The number of benzene rings is 1. The van der Waals surface area contributed by atoms with Gasteiger partial charge in [0.25, 0.3) is 0 Å². The SMILES string of the molecule is Cc1ccc(C2CCCCN2)cc1Cl. The van der Waals surface area contributed by atoms with Crippen molar-refractivity contribution in [2.24, 2.45) is 0 Å². The van der Waals surface area contributed by atoms with E-state index in [-0.39, 0.29) is 0 Å². The van der Waals surface area contributed by atoms with Crippen LogP contribution in [0.2, 0.25) is 5.02 Å². The lowest BCUT2D eigenvalue weighted by molar-refractivity contribution is 0.412. The Labute approximate surface area is 90.5 Å². The summed E-state index contributed by atoms with van der Waals surface area (Å²) >= 11 is 6.11. The minimum atomic E-state index is 0.516. The van der Waals surface area contributed by atoms with Crippen LogP contribution in [0.25, 0.3) is 0 Å². The molecule has 1 unspecified atom stereocenters. The smallest absolute Gasteiger partial charge is 0.0438 e. The second-order valence-corrected chi connectivity index (χ2v) is 4.42. The summed E-state index contributed by atoms with van der Waals surface area (Å²) in [4.78, 5) is 0. The van der Waals surface area contributed by atoms with Gasteiger partial charge in [-0.2, -0.15) is 0 Å². The Morgan fingerprint density at radius 3 is 2.86 bits per heavy atom. The zero-order valence-electron chi connectivity index (χ0n) is 8.52. The second kappa shape index (κ2) is 4.33. The van der Waals surface area contributed by atoms with Crippen molar-refractivity contribution in [3.8, 4) is 0 Å². The number of hydrogen-bond donors (Lipinski definition) is 1. The normalized spacial score (nSPS) is 22.3. The molecule has 0 amide bonds. The maximum Gasteiger partial charge on any atom is 0.0438 e. The van der Waals surface area contributed by atoms with E-state index in [4.69, 9.17) is 11.6 Å². The Bertz CT molecular complexity index is 316.